The van der Waals surface area contributed by atoms with Gasteiger partial charge in [0, 0.05) is 13.1 Å². The Morgan fingerprint density at radius 3 is 2.70 bits per heavy atom. The van der Waals surface area contributed by atoms with Crippen LogP contribution in [-0.4, -0.2) is 62.3 Å². The molecule has 0 atom stereocenters. The average molecular weight is 340 g/mol. The van der Waals surface area contributed by atoms with Gasteiger partial charge in [-0.05, 0) is 43.5 Å². The molecule has 2 heterocycles. The Balaban J connectivity index is 1.65. The van der Waals surface area contributed by atoms with E-state index in [-0.39, 0.29) is 30.2 Å². The number of carbonyl (C=O) groups excluding carboxylic acids is 2. The predicted molar refractivity (Wildman–Crippen MR) is 87.8 cm³/mol. The third-order valence-corrected chi connectivity index (χ3v) is 4.59. The fourth-order valence-corrected chi connectivity index (χ4v) is 3.19. The number of thioether (sulfide) groups is 1. The summed E-state index contributed by atoms with van der Waals surface area (Å²) in [4.78, 5) is 25.6. The van der Waals surface area contributed by atoms with E-state index in [1.165, 1.54) is 18.2 Å². The van der Waals surface area contributed by atoms with Gasteiger partial charge in [-0.2, -0.15) is 0 Å². The summed E-state index contributed by atoms with van der Waals surface area (Å²) in [7, 11) is 0. The molecule has 0 aromatic carbocycles. The minimum atomic E-state index is -0.135. The molecule has 9 heteroatoms. The molecule has 1 aromatic heterocycles. The number of hydrogen-bond acceptors (Lipinski definition) is 6. The van der Waals surface area contributed by atoms with Crippen LogP contribution < -0.4 is 5.32 Å². The van der Waals surface area contributed by atoms with Crippen LogP contribution in [0.5, 0.6) is 0 Å². The Morgan fingerprint density at radius 2 is 2.00 bits per heavy atom. The number of likely N-dealkylation sites (tertiary alicyclic amines) is 1. The normalized spacial score (nSPS) is 15.0. The summed E-state index contributed by atoms with van der Waals surface area (Å²) in [6.07, 6.45) is 3.29. The zero-order chi connectivity index (χ0) is 16.7. The van der Waals surface area contributed by atoms with Crippen molar-refractivity contribution in [1.29, 1.82) is 0 Å². The summed E-state index contributed by atoms with van der Waals surface area (Å²) in [5.41, 5.74) is 0. The maximum atomic E-state index is 12.0. The maximum Gasteiger partial charge on any atom is 0.241 e. The zero-order valence-electron chi connectivity index (χ0n) is 13.7. The molecule has 0 aliphatic carbocycles. The van der Waals surface area contributed by atoms with Crippen molar-refractivity contribution in [3.63, 3.8) is 0 Å². The van der Waals surface area contributed by atoms with Crippen molar-refractivity contribution >= 4 is 23.6 Å². The molecule has 128 valence electrons. The van der Waals surface area contributed by atoms with Crippen molar-refractivity contribution in [2.45, 2.75) is 44.9 Å². The first-order valence-electron chi connectivity index (χ1n) is 7.97. The number of aromatic nitrogens is 4. The lowest BCUT2D eigenvalue weighted by atomic mass is 10.1. The molecule has 0 spiro atoms. The lowest BCUT2D eigenvalue weighted by Crippen LogP contribution is -2.42. The monoisotopic (exact) mass is 340 g/mol. The molecule has 0 bridgehead atoms. The van der Waals surface area contributed by atoms with Gasteiger partial charge in [-0.3, -0.25) is 9.59 Å². The summed E-state index contributed by atoms with van der Waals surface area (Å²) in [5.74, 6) is 1.48. The number of nitrogens with one attached hydrogen (secondary N) is 1. The molecule has 1 aliphatic heterocycles. The standard InChI is InChI=1S/C14H24N6O2S/c1-11(2)20-12(16-17-18-20)9-23-10-13(21)15-8-14(22)19-6-4-3-5-7-19/h11H,3-10H2,1-2H3,(H,15,21). The summed E-state index contributed by atoms with van der Waals surface area (Å²) in [6.45, 7) is 5.71. The first kappa shape index (κ1) is 17.7. The fourth-order valence-electron chi connectivity index (χ4n) is 2.42. The molecular formula is C14H24N6O2S. The molecule has 1 saturated heterocycles. The number of rotatable bonds is 7. The Hall–Kier alpha value is -1.64. The van der Waals surface area contributed by atoms with Crippen LogP contribution in [0.15, 0.2) is 0 Å². The Morgan fingerprint density at radius 1 is 1.26 bits per heavy atom. The summed E-state index contributed by atoms with van der Waals surface area (Å²) in [5, 5.41) is 14.2. The van der Waals surface area contributed by atoms with Crippen LogP contribution in [0, 0.1) is 0 Å². The van der Waals surface area contributed by atoms with E-state index < -0.39 is 0 Å². The SMILES string of the molecule is CC(C)n1nnnc1CSCC(=O)NCC(=O)N1CCCCC1. The van der Waals surface area contributed by atoms with E-state index in [0.29, 0.717) is 5.75 Å². The number of hydrogen-bond donors (Lipinski definition) is 1. The van der Waals surface area contributed by atoms with E-state index in [4.69, 9.17) is 0 Å². The van der Waals surface area contributed by atoms with Crippen molar-refractivity contribution < 1.29 is 9.59 Å². The minimum absolute atomic E-state index is 0.00630. The van der Waals surface area contributed by atoms with Crippen LogP contribution in [0.1, 0.15) is 45.0 Å². The van der Waals surface area contributed by atoms with Crippen molar-refractivity contribution in [1.82, 2.24) is 30.4 Å². The summed E-state index contributed by atoms with van der Waals surface area (Å²) >= 11 is 1.44. The molecule has 1 aromatic rings. The minimum Gasteiger partial charge on any atom is -0.346 e. The van der Waals surface area contributed by atoms with Crippen molar-refractivity contribution in [3.8, 4) is 0 Å². The second-order valence-corrected chi connectivity index (χ2v) is 6.83. The molecule has 23 heavy (non-hydrogen) atoms. The van der Waals surface area contributed by atoms with Crippen molar-refractivity contribution in [2.24, 2.45) is 0 Å². The van der Waals surface area contributed by atoms with Crippen molar-refractivity contribution in [2.75, 3.05) is 25.4 Å². The Labute approximate surface area is 140 Å². The van der Waals surface area contributed by atoms with Crippen LogP contribution in [-0.2, 0) is 15.3 Å². The number of nitrogens with zero attached hydrogens (tertiary/aromatic N) is 5. The number of tetrazole rings is 1. The van der Waals surface area contributed by atoms with Crippen LogP contribution in [0.4, 0.5) is 0 Å². The highest BCUT2D eigenvalue weighted by molar-refractivity contribution is 7.99. The number of amides is 2. The van der Waals surface area contributed by atoms with E-state index in [9.17, 15) is 9.59 Å². The van der Waals surface area contributed by atoms with Gasteiger partial charge in [-0.15, -0.1) is 16.9 Å². The molecule has 2 rings (SSSR count). The van der Waals surface area contributed by atoms with E-state index in [0.717, 1.165) is 31.8 Å². The van der Waals surface area contributed by atoms with Crippen molar-refractivity contribution in [3.05, 3.63) is 5.82 Å². The highest BCUT2D eigenvalue weighted by Gasteiger charge is 2.17. The molecule has 0 saturated carbocycles. The topological polar surface area (TPSA) is 93.0 Å². The van der Waals surface area contributed by atoms with Gasteiger partial charge >= 0.3 is 0 Å². The van der Waals surface area contributed by atoms with Gasteiger partial charge in [-0.1, -0.05) is 0 Å². The number of carbonyl (C=O) groups is 2. The van der Waals surface area contributed by atoms with E-state index >= 15 is 0 Å². The van der Waals surface area contributed by atoms with Gasteiger partial charge < -0.3 is 10.2 Å². The quantitative estimate of drug-likeness (QED) is 0.782. The lowest BCUT2D eigenvalue weighted by molar-refractivity contribution is -0.133. The lowest BCUT2D eigenvalue weighted by Gasteiger charge is -2.26. The van der Waals surface area contributed by atoms with Gasteiger partial charge in [0.1, 0.15) is 0 Å². The molecule has 0 radical (unpaired) electrons. The van der Waals surface area contributed by atoms with E-state index in [1.807, 2.05) is 18.7 Å². The first-order valence-corrected chi connectivity index (χ1v) is 9.12. The van der Waals surface area contributed by atoms with Crippen LogP contribution in [0.3, 0.4) is 0 Å². The second kappa shape index (κ2) is 8.85. The molecule has 1 N–H and O–H groups in total. The molecule has 8 nitrogen and oxygen atoms in total. The first-order chi connectivity index (χ1) is 11.1. The molecule has 2 amide bonds. The highest BCUT2D eigenvalue weighted by Crippen LogP contribution is 2.12. The molecule has 1 fully saturated rings. The van der Waals surface area contributed by atoms with Gasteiger partial charge in [0.15, 0.2) is 5.82 Å². The number of piperidine rings is 1. The third kappa shape index (κ3) is 5.49. The van der Waals surface area contributed by atoms with Gasteiger partial charge in [0.05, 0.1) is 24.1 Å². The van der Waals surface area contributed by atoms with Crippen LogP contribution in [0.25, 0.3) is 0 Å². The molecule has 1 aliphatic rings. The fraction of sp³-hybridized carbons (Fsp3) is 0.786. The molecule has 0 unspecified atom stereocenters. The van der Waals surface area contributed by atoms with Crippen LogP contribution >= 0.6 is 11.8 Å². The average Bonchev–Trinajstić information content (AvgIpc) is 3.02. The third-order valence-electron chi connectivity index (χ3n) is 3.66. The van der Waals surface area contributed by atoms with E-state index in [1.54, 1.807) is 4.68 Å². The zero-order valence-corrected chi connectivity index (χ0v) is 14.5. The second-order valence-electron chi connectivity index (χ2n) is 5.84. The Kier molecular flexibility index (Phi) is 6.82. The maximum absolute atomic E-state index is 12.0. The smallest absolute Gasteiger partial charge is 0.241 e. The van der Waals surface area contributed by atoms with Gasteiger partial charge in [0.25, 0.3) is 0 Å². The highest BCUT2D eigenvalue weighted by atomic mass is 32.2. The Bertz CT molecular complexity index is 527. The van der Waals surface area contributed by atoms with Gasteiger partial charge in [0.2, 0.25) is 11.8 Å². The largest absolute Gasteiger partial charge is 0.346 e. The van der Waals surface area contributed by atoms with Crippen LogP contribution in [0.2, 0.25) is 0 Å². The summed E-state index contributed by atoms with van der Waals surface area (Å²) < 4.78 is 1.74. The predicted octanol–water partition coefficient (Wildman–Crippen LogP) is 0.616. The molecular weight excluding hydrogens is 316 g/mol. The van der Waals surface area contributed by atoms with E-state index in [2.05, 4.69) is 20.8 Å². The van der Waals surface area contributed by atoms with Gasteiger partial charge in [-0.25, -0.2) is 4.68 Å². The summed E-state index contributed by atoms with van der Waals surface area (Å²) in [6, 6.07) is 0.191.